The van der Waals surface area contributed by atoms with E-state index in [-0.39, 0.29) is 29.1 Å². The Labute approximate surface area is 121 Å². The molecule has 114 valence electrons. The van der Waals surface area contributed by atoms with E-state index in [1.54, 1.807) is 0 Å². The maximum atomic E-state index is 12.4. The topological polar surface area (TPSA) is 61.4 Å². The Morgan fingerprint density at radius 1 is 1.20 bits per heavy atom. The van der Waals surface area contributed by atoms with Crippen molar-refractivity contribution in [2.45, 2.75) is 76.9 Å². The normalized spacial score (nSPS) is 26.4. The third-order valence-corrected chi connectivity index (χ3v) is 4.05. The monoisotopic (exact) mass is 281 g/mol. The number of hydrogen-bond acceptors (Lipinski definition) is 3. The average molecular weight is 281 g/mol. The van der Waals surface area contributed by atoms with E-state index in [1.165, 1.54) is 17.7 Å². The number of hydrogen-bond donors (Lipinski definition) is 2. The standard InChI is InChI=1S/C15H27N3O2/c1-14(2)9-12(19)18(10-15(3,4)17-14)13(20)16-11-7-5-6-8-11/h11,17H,5-10H2,1-4H3,(H,16,20). The number of imide groups is 1. The van der Waals surface area contributed by atoms with Gasteiger partial charge in [-0.1, -0.05) is 12.8 Å². The summed E-state index contributed by atoms with van der Waals surface area (Å²) >= 11 is 0. The molecule has 1 aliphatic heterocycles. The highest BCUT2D eigenvalue weighted by Gasteiger charge is 2.40. The van der Waals surface area contributed by atoms with Gasteiger partial charge in [0, 0.05) is 30.1 Å². The lowest BCUT2D eigenvalue weighted by molar-refractivity contribution is -0.128. The summed E-state index contributed by atoms with van der Waals surface area (Å²) in [6, 6.07) is 0.0112. The van der Waals surface area contributed by atoms with Gasteiger partial charge in [0.2, 0.25) is 5.91 Å². The summed E-state index contributed by atoms with van der Waals surface area (Å²) < 4.78 is 0. The van der Waals surface area contributed by atoms with Gasteiger partial charge in [0.05, 0.1) is 0 Å². The van der Waals surface area contributed by atoms with Gasteiger partial charge in [-0.2, -0.15) is 0 Å². The van der Waals surface area contributed by atoms with Crippen molar-refractivity contribution < 1.29 is 9.59 Å². The van der Waals surface area contributed by atoms with E-state index in [1.807, 2.05) is 27.7 Å². The number of urea groups is 1. The molecule has 5 nitrogen and oxygen atoms in total. The summed E-state index contributed by atoms with van der Waals surface area (Å²) in [6.45, 7) is 8.48. The zero-order chi connectivity index (χ0) is 15.0. The Bertz CT molecular complexity index is 398. The summed E-state index contributed by atoms with van der Waals surface area (Å²) in [5, 5.41) is 6.47. The van der Waals surface area contributed by atoms with Crippen LogP contribution in [0.3, 0.4) is 0 Å². The van der Waals surface area contributed by atoms with E-state index in [2.05, 4.69) is 10.6 Å². The van der Waals surface area contributed by atoms with E-state index < -0.39 is 0 Å². The van der Waals surface area contributed by atoms with Crippen molar-refractivity contribution >= 4 is 11.9 Å². The van der Waals surface area contributed by atoms with Crippen LogP contribution in [0.25, 0.3) is 0 Å². The summed E-state index contributed by atoms with van der Waals surface area (Å²) in [6.07, 6.45) is 4.73. The highest BCUT2D eigenvalue weighted by atomic mass is 16.2. The Hall–Kier alpha value is -1.10. The Kier molecular flexibility index (Phi) is 4.09. The molecule has 20 heavy (non-hydrogen) atoms. The molecule has 0 atom stereocenters. The van der Waals surface area contributed by atoms with Gasteiger partial charge in [-0.25, -0.2) is 4.79 Å². The molecule has 0 bridgehead atoms. The molecule has 0 aromatic rings. The molecular weight excluding hydrogens is 254 g/mol. The molecule has 1 saturated heterocycles. The molecule has 2 aliphatic rings. The molecule has 1 heterocycles. The van der Waals surface area contributed by atoms with E-state index in [0.29, 0.717) is 13.0 Å². The van der Waals surface area contributed by atoms with Gasteiger partial charge in [-0.3, -0.25) is 9.69 Å². The van der Waals surface area contributed by atoms with Crippen molar-refractivity contribution in [2.75, 3.05) is 6.54 Å². The largest absolute Gasteiger partial charge is 0.335 e. The minimum atomic E-state index is -0.289. The Morgan fingerprint density at radius 2 is 1.80 bits per heavy atom. The Balaban J connectivity index is 2.08. The van der Waals surface area contributed by atoms with Crippen LogP contribution in [0.15, 0.2) is 0 Å². The van der Waals surface area contributed by atoms with Crippen molar-refractivity contribution in [1.29, 1.82) is 0 Å². The summed E-state index contributed by atoms with van der Waals surface area (Å²) in [5.41, 5.74) is -0.564. The second-order valence-electron chi connectivity index (χ2n) is 7.48. The predicted octanol–water partition coefficient (Wildman–Crippen LogP) is 2.02. The molecule has 2 rings (SSSR count). The molecule has 0 unspecified atom stereocenters. The molecule has 0 aromatic heterocycles. The fourth-order valence-corrected chi connectivity index (χ4v) is 3.46. The van der Waals surface area contributed by atoms with Gasteiger partial charge in [-0.05, 0) is 40.5 Å². The molecule has 1 aliphatic carbocycles. The fraction of sp³-hybridized carbons (Fsp3) is 0.867. The maximum Gasteiger partial charge on any atom is 0.324 e. The van der Waals surface area contributed by atoms with E-state index in [0.717, 1.165) is 12.8 Å². The quantitative estimate of drug-likeness (QED) is 0.773. The van der Waals surface area contributed by atoms with Crippen molar-refractivity contribution in [3.63, 3.8) is 0 Å². The predicted molar refractivity (Wildman–Crippen MR) is 78.4 cm³/mol. The number of carbonyl (C=O) groups is 2. The maximum absolute atomic E-state index is 12.4. The van der Waals surface area contributed by atoms with Gasteiger partial charge in [0.25, 0.3) is 0 Å². The highest BCUT2D eigenvalue weighted by molar-refractivity contribution is 5.95. The molecule has 2 N–H and O–H groups in total. The summed E-state index contributed by atoms with van der Waals surface area (Å²) in [5.74, 6) is -0.0939. The molecule has 5 heteroatoms. The van der Waals surface area contributed by atoms with Crippen LogP contribution in [0, 0.1) is 0 Å². The van der Waals surface area contributed by atoms with Gasteiger partial charge in [0.15, 0.2) is 0 Å². The van der Waals surface area contributed by atoms with Crippen LogP contribution in [-0.4, -0.2) is 40.5 Å². The van der Waals surface area contributed by atoms with Crippen molar-refractivity contribution in [3.05, 3.63) is 0 Å². The molecule has 0 aromatic carbocycles. The second kappa shape index (κ2) is 5.35. The van der Waals surface area contributed by atoms with Gasteiger partial charge < -0.3 is 10.6 Å². The Morgan fingerprint density at radius 3 is 2.40 bits per heavy atom. The van der Waals surface area contributed by atoms with Crippen LogP contribution < -0.4 is 10.6 Å². The van der Waals surface area contributed by atoms with Crippen molar-refractivity contribution in [3.8, 4) is 0 Å². The van der Waals surface area contributed by atoms with Gasteiger partial charge in [-0.15, -0.1) is 0 Å². The molecular formula is C15H27N3O2. The fourth-order valence-electron chi connectivity index (χ4n) is 3.46. The van der Waals surface area contributed by atoms with Crippen LogP contribution in [0.4, 0.5) is 4.79 Å². The molecule has 0 radical (unpaired) electrons. The molecule has 1 saturated carbocycles. The van der Waals surface area contributed by atoms with Crippen LogP contribution in [0.5, 0.6) is 0 Å². The lowest BCUT2D eigenvalue weighted by Crippen LogP contribution is -2.55. The van der Waals surface area contributed by atoms with E-state index in [4.69, 9.17) is 0 Å². The zero-order valence-corrected chi connectivity index (χ0v) is 13.1. The number of carbonyl (C=O) groups excluding carboxylic acids is 2. The SMILES string of the molecule is CC1(C)CC(=O)N(C(=O)NC2CCCC2)CC(C)(C)N1. The first kappa shape index (κ1) is 15.3. The molecule has 3 amide bonds. The molecule has 0 spiro atoms. The zero-order valence-electron chi connectivity index (χ0n) is 13.1. The average Bonchev–Trinajstić information content (AvgIpc) is 2.72. The third-order valence-electron chi connectivity index (χ3n) is 4.05. The van der Waals surface area contributed by atoms with Crippen molar-refractivity contribution in [2.24, 2.45) is 0 Å². The smallest absolute Gasteiger partial charge is 0.324 e. The highest BCUT2D eigenvalue weighted by Crippen LogP contribution is 2.23. The number of amides is 3. The number of nitrogens with one attached hydrogen (secondary N) is 2. The number of nitrogens with zero attached hydrogens (tertiary/aromatic N) is 1. The summed E-state index contributed by atoms with van der Waals surface area (Å²) in [7, 11) is 0. The second-order valence-corrected chi connectivity index (χ2v) is 7.48. The van der Waals surface area contributed by atoms with Crippen LogP contribution in [0.1, 0.15) is 59.8 Å². The van der Waals surface area contributed by atoms with Gasteiger partial charge >= 0.3 is 6.03 Å². The van der Waals surface area contributed by atoms with Crippen molar-refractivity contribution in [1.82, 2.24) is 15.5 Å². The van der Waals surface area contributed by atoms with Crippen LogP contribution in [-0.2, 0) is 4.79 Å². The first-order valence-electron chi connectivity index (χ1n) is 7.59. The first-order chi connectivity index (χ1) is 9.19. The first-order valence-corrected chi connectivity index (χ1v) is 7.59. The van der Waals surface area contributed by atoms with E-state index in [9.17, 15) is 9.59 Å². The summed E-state index contributed by atoms with van der Waals surface area (Å²) in [4.78, 5) is 26.1. The van der Waals surface area contributed by atoms with Crippen LogP contribution in [0.2, 0.25) is 0 Å². The minimum Gasteiger partial charge on any atom is -0.335 e. The van der Waals surface area contributed by atoms with Gasteiger partial charge in [0.1, 0.15) is 0 Å². The third kappa shape index (κ3) is 3.72. The lowest BCUT2D eigenvalue weighted by Gasteiger charge is -2.34. The molecule has 2 fully saturated rings. The minimum absolute atomic E-state index is 0.0939. The van der Waals surface area contributed by atoms with E-state index >= 15 is 0 Å². The van der Waals surface area contributed by atoms with Crippen LogP contribution >= 0.6 is 0 Å². The lowest BCUT2D eigenvalue weighted by atomic mass is 9.96. The number of rotatable bonds is 1.